The molecule has 0 spiro atoms. The van der Waals surface area contributed by atoms with Crippen LogP contribution in [-0.2, 0) is 0 Å². The number of rotatable bonds is 2. The van der Waals surface area contributed by atoms with E-state index >= 15 is 0 Å². The van der Waals surface area contributed by atoms with Gasteiger partial charge in [0, 0.05) is 0 Å². The summed E-state index contributed by atoms with van der Waals surface area (Å²) in [7, 11) is 0. The quantitative estimate of drug-likeness (QED) is 0.341. The predicted octanol–water partition coefficient (Wildman–Crippen LogP) is -0.595. The molecule has 0 rings (SSSR count). The van der Waals surface area contributed by atoms with E-state index in [1.54, 1.807) is 5.92 Å². The van der Waals surface area contributed by atoms with Crippen LogP contribution in [0, 0.1) is 5.92 Å². The van der Waals surface area contributed by atoms with Gasteiger partial charge in [-0.05, 0) is 0 Å². The van der Waals surface area contributed by atoms with E-state index in [4.69, 9.17) is 0 Å². The van der Waals surface area contributed by atoms with Crippen molar-refractivity contribution in [2.45, 2.75) is 33.6 Å². The minimum atomic E-state index is 0. The van der Waals surface area contributed by atoms with Gasteiger partial charge in [-0.25, -0.2) is 0 Å². The monoisotopic (exact) mass is 124 g/mol. The molecule has 0 aliphatic carbocycles. The van der Waals surface area contributed by atoms with E-state index in [0.29, 0.717) is 0 Å². The van der Waals surface area contributed by atoms with Crippen LogP contribution in [0.1, 0.15) is 33.6 Å². The molecular formula is C6H13K. The molecule has 0 heterocycles. The van der Waals surface area contributed by atoms with Crippen LogP contribution in [0.25, 0.3) is 0 Å². The normalized spacial score (nSPS) is 8.57. The smallest absolute Gasteiger partial charge is 0.317 e. The first-order valence-electron chi connectivity index (χ1n) is 2.62. The third-order valence-electron chi connectivity index (χ3n) is 1.21. The van der Waals surface area contributed by atoms with Crippen molar-refractivity contribution in [2.24, 2.45) is 0 Å². The summed E-state index contributed by atoms with van der Waals surface area (Å²) in [6.45, 7) is 6.58. The first-order chi connectivity index (χ1) is 2.81. The molecule has 0 saturated heterocycles. The van der Waals surface area contributed by atoms with E-state index in [0.717, 1.165) is 0 Å². The molecule has 0 saturated carbocycles. The molecule has 1 heteroatoms. The second-order valence-electron chi connectivity index (χ2n) is 1.66. The van der Waals surface area contributed by atoms with Crippen LogP contribution < -0.4 is 51.4 Å². The first kappa shape index (κ1) is 11.4. The molecule has 0 aromatic rings. The Kier molecular flexibility index (Phi) is 12.5. The fourth-order valence-corrected chi connectivity index (χ4v) is 0.250. The Morgan fingerprint density at radius 1 is 1.14 bits per heavy atom. The maximum Gasteiger partial charge on any atom is 1.00 e. The van der Waals surface area contributed by atoms with Crippen LogP contribution in [0.4, 0.5) is 0 Å². The Labute approximate surface area is 89.5 Å². The largest absolute Gasteiger partial charge is 1.00 e. The number of hydrogen-bond acceptors (Lipinski definition) is 0. The average Bonchev–Trinajstić information content (AvgIpc) is 1.65. The maximum absolute atomic E-state index is 2.19. The van der Waals surface area contributed by atoms with Gasteiger partial charge < -0.3 is 5.92 Å². The van der Waals surface area contributed by atoms with Crippen molar-refractivity contribution in [2.75, 3.05) is 0 Å². The van der Waals surface area contributed by atoms with Crippen LogP contribution >= 0.6 is 0 Å². The van der Waals surface area contributed by atoms with Crippen LogP contribution in [-0.4, -0.2) is 0 Å². The Balaban J connectivity index is 0. The van der Waals surface area contributed by atoms with Crippen molar-refractivity contribution < 1.29 is 51.4 Å². The molecule has 0 nitrogen and oxygen atoms in total. The van der Waals surface area contributed by atoms with Gasteiger partial charge in [0.15, 0.2) is 0 Å². The Morgan fingerprint density at radius 2 is 1.43 bits per heavy atom. The van der Waals surface area contributed by atoms with Gasteiger partial charge in [-0.2, -0.15) is 19.8 Å². The summed E-state index contributed by atoms with van der Waals surface area (Å²) in [4.78, 5) is 0. The third-order valence-corrected chi connectivity index (χ3v) is 1.21. The molecule has 0 bridgehead atoms. The minimum absolute atomic E-state index is 0. The summed E-state index contributed by atoms with van der Waals surface area (Å²) in [5, 5.41) is 0. The molecule has 0 unspecified atom stereocenters. The van der Waals surface area contributed by atoms with Crippen molar-refractivity contribution in [1.29, 1.82) is 0 Å². The summed E-state index contributed by atoms with van der Waals surface area (Å²) >= 11 is 0. The Morgan fingerprint density at radius 3 is 1.43 bits per heavy atom. The molecule has 0 aromatic heterocycles. The maximum atomic E-state index is 2.19. The molecule has 0 fully saturated rings. The molecule has 0 aliphatic heterocycles. The topological polar surface area (TPSA) is 0 Å². The average molecular weight is 124 g/mol. The molecule has 0 aliphatic rings. The summed E-state index contributed by atoms with van der Waals surface area (Å²) < 4.78 is 0. The SMILES string of the molecule is CC[C-](C)CC.[K+]. The Bertz CT molecular complexity index is 23.4. The zero-order valence-electron chi connectivity index (χ0n) is 5.91. The predicted molar refractivity (Wildman–Crippen MR) is 29.5 cm³/mol. The van der Waals surface area contributed by atoms with E-state index in [9.17, 15) is 0 Å². The second-order valence-corrected chi connectivity index (χ2v) is 1.66. The zero-order valence-corrected chi connectivity index (χ0v) is 9.04. The fraction of sp³-hybridized carbons (Fsp3) is 0.833. The molecule has 7 heavy (non-hydrogen) atoms. The number of hydrogen-bond donors (Lipinski definition) is 0. The van der Waals surface area contributed by atoms with E-state index in [-0.39, 0.29) is 51.4 Å². The van der Waals surface area contributed by atoms with Crippen LogP contribution in [0.5, 0.6) is 0 Å². The van der Waals surface area contributed by atoms with Gasteiger partial charge in [0.05, 0.1) is 0 Å². The van der Waals surface area contributed by atoms with Crippen molar-refractivity contribution >= 4 is 0 Å². The van der Waals surface area contributed by atoms with E-state index in [1.165, 1.54) is 12.8 Å². The molecule has 0 atom stereocenters. The minimum Gasteiger partial charge on any atom is -0.317 e. The van der Waals surface area contributed by atoms with Gasteiger partial charge >= 0.3 is 51.4 Å². The summed E-state index contributed by atoms with van der Waals surface area (Å²) in [5.74, 6) is 1.59. The summed E-state index contributed by atoms with van der Waals surface area (Å²) in [5.41, 5.74) is 0. The molecule has 0 amide bonds. The van der Waals surface area contributed by atoms with Crippen molar-refractivity contribution in [3.8, 4) is 0 Å². The summed E-state index contributed by atoms with van der Waals surface area (Å²) in [6, 6.07) is 0. The van der Waals surface area contributed by atoms with Crippen LogP contribution in [0.15, 0.2) is 0 Å². The molecule has 0 radical (unpaired) electrons. The van der Waals surface area contributed by atoms with Crippen molar-refractivity contribution in [3.05, 3.63) is 5.92 Å². The van der Waals surface area contributed by atoms with E-state index in [1.807, 2.05) is 0 Å². The van der Waals surface area contributed by atoms with Crippen molar-refractivity contribution in [1.82, 2.24) is 0 Å². The second kappa shape index (κ2) is 7.64. The van der Waals surface area contributed by atoms with Crippen LogP contribution in [0.2, 0.25) is 0 Å². The van der Waals surface area contributed by atoms with Gasteiger partial charge in [-0.1, -0.05) is 13.8 Å². The van der Waals surface area contributed by atoms with E-state index < -0.39 is 0 Å². The standard InChI is InChI=1S/C6H13.K/c1-4-6(3)5-2;/h4-5H2,1-3H3;/q-1;+1. The van der Waals surface area contributed by atoms with Gasteiger partial charge in [-0.3, -0.25) is 0 Å². The Hall–Kier alpha value is 1.64. The first-order valence-corrected chi connectivity index (χ1v) is 2.62. The fourth-order valence-electron chi connectivity index (χ4n) is 0.250. The van der Waals surface area contributed by atoms with Gasteiger partial charge in [0.2, 0.25) is 0 Å². The van der Waals surface area contributed by atoms with Gasteiger partial charge in [-0.15, -0.1) is 0 Å². The van der Waals surface area contributed by atoms with Crippen molar-refractivity contribution in [3.63, 3.8) is 0 Å². The molecular weight excluding hydrogens is 111 g/mol. The van der Waals surface area contributed by atoms with Gasteiger partial charge in [0.25, 0.3) is 0 Å². The zero-order chi connectivity index (χ0) is 4.99. The molecule has 0 N–H and O–H groups in total. The molecule has 0 aromatic carbocycles. The molecule has 38 valence electrons. The third kappa shape index (κ3) is 7.64. The summed E-state index contributed by atoms with van der Waals surface area (Å²) in [6.07, 6.45) is 2.49. The van der Waals surface area contributed by atoms with Gasteiger partial charge in [0.1, 0.15) is 0 Å². The van der Waals surface area contributed by atoms with Crippen LogP contribution in [0.3, 0.4) is 0 Å². The van der Waals surface area contributed by atoms with E-state index in [2.05, 4.69) is 20.8 Å².